The quantitative estimate of drug-likeness (QED) is 0.806. The van der Waals surface area contributed by atoms with E-state index < -0.39 is 22.6 Å². The summed E-state index contributed by atoms with van der Waals surface area (Å²) in [6, 6.07) is 3.56. The van der Waals surface area contributed by atoms with Gasteiger partial charge in [-0.3, -0.25) is 0 Å². The van der Waals surface area contributed by atoms with Crippen LogP contribution >= 0.6 is 0 Å². The molecule has 2 fully saturated rings. The second-order valence-electron chi connectivity index (χ2n) is 8.76. The Morgan fingerprint density at radius 2 is 1.93 bits per heavy atom. The summed E-state index contributed by atoms with van der Waals surface area (Å²) in [5, 5.41) is 5.02. The van der Waals surface area contributed by atoms with Crippen molar-refractivity contribution >= 4 is 10.3 Å². The van der Waals surface area contributed by atoms with Crippen molar-refractivity contribution in [2.45, 2.75) is 57.8 Å². The molecule has 0 heterocycles. The first-order valence-electron chi connectivity index (χ1n) is 9.85. The fourth-order valence-corrected chi connectivity index (χ4v) is 6.76. The average molecular weight is 416 g/mol. The zero-order chi connectivity index (χ0) is 20.3. The molecule has 1 aromatic carbocycles. The van der Waals surface area contributed by atoms with Crippen LogP contribution in [0.25, 0.3) is 0 Å². The van der Waals surface area contributed by atoms with Crippen molar-refractivity contribution in [1.29, 1.82) is 0 Å². The highest BCUT2D eigenvalue weighted by molar-refractivity contribution is 7.84. The lowest BCUT2D eigenvalue weighted by atomic mass is 9.54. The maximum Gasteiger partial charge on any atom is 0.380 e. The summed E-state index contributed by atoms with van der Waals surface area (Å²) in [6.45, 7) is 2.07. The van der Waals surface area contributed by atoms with Gasteiger partial charge in [-0.05, 0) is 85.0 Å². The molecule has 0 saturated heterocycles. The third-order valence-corrected chi connectivity index (χ3v) is 8.00. The van der Waals surface area contributed by atoms with E-state index in [0.717, 1.165) is 43.2 Å². The summed E-state index contributed by atoms with van der Waals surface area (Å²) in [7, 11) is -2.69. The van der Waals surface area contributed by atoms with Gasteiger partial charge >= 0.3 is 10.3 Å². The van der Waals surface area contributed by atoms with Gasteiger partial charge in [-0.1, -0.05) is 6.92 Å². The topological polar surface area (TPSA) is 78.6 Å². The summed E-state index contributed by atoms with van der Waals surface area (Å²) in [5.74, 6) is 0.908. The molecule has 2 saturated carbocycles. The summed E-state index contributed by atoms with van der Waals surface area (Å²) >= 11 is 0. The van der Waals surface area contributed by atoms with E-state index in [1.165, 1.54) is 7.11 Å². The van der Waals surface area contributed by atoms with E-state index in [0.29, 0.717) is 24.0 Å². The molecule has 0 spiro atoms. The Labute approximate surface area is 164 Å². The first-order chi connectivity index (χ1) is 13.1. The maximum atomic E-state index is 13.6. The van der Waals surface area contributed by atoms with Crippen LogP contribution < -0.4 is 14.1 Å². The summed E-state index contributed by atoms with van der Waals surface area (Å²) in [4.78, 5) is 0. The minimum absolute atomic E-state index is 0.0986. The second-order valence-corrected chi connectivity index (χ2v) is 9.91. The van der Waals surface area contributed by atoms with Gasteiger partial charge in [0.15, 0.2) is 11.5 Å². The lowest BCUT2D eigenvalue weighted by molar-refractivity contribution is -0.0390. The lowest BCUT2D eigenvalue weighted by Gasteiger charge is -2.51. The first-order valence-corrected chi connectivity index (χ1v) is 11.3. The number of ether oxygens (including phenoxy) is 1. The molecule has 156 valence electrons. The number of alkyl halides is 2. The van der Waals surface area contributed by atoms with Crippen molar-refractivity contribution in [3.05, 3.63) is 23.3 Å². The highest BCUT2D eigenvalue weighted by atomic mass is 32.2. The van der Waals surface area contributed by atoms with Crippen LogP contribution in [0.1, 0.15) is 56.1 Å². The van der Waals surface area contributed by atoms with Crippen LogP contribution in [0.4, 0.5) is 8.78 Å². The molecule has 4 rings (SSSR count). The Kier molecular flexibility index (Phi) is 4.85. The van der Waals surface area contributed by atoms with E-state index in [1.807, 2.05) is 6.07 Å². The van der Waals surface area contributed by atoms with Crippen LogP contribution in [0.15, 0.2) is 12.1 Å². The van der Waals surface area contributed by atoms with Crippen LogP contribution in [0.3, 0.4) is 0 Å². The molecule has 0 aliphatic heterocycles. The Hall–Kier alpha value is -1.41. The highest BCUT2D eigenvalue weighted by Gasteiger charge is 2.57. The van der Waals surface area contributed by atoms with Gasteiger partial charge in [0.05, 0.1) is 7.11 Å². The smallest absolute Gasteiger partial charge is 0.380 e. The van der Waals surface area contributed by atoms with Crippen molar-refractivity contribution in [3.63, 3.8) is 0 Å². The maximum absolute atomic E-state index is 13.6. The molecule has 8 heteroatoms. The van der Waals surface area contributed by atoms with Crippen molar-refractivity contribution < 1.29 is 26.1 Å². The molecule has 2 N–H and O–H groups in total. The normalized spacial score (nSPS) is 34.5. The number of rotatable bonds is 4. The molecule has 5 nitrogen and oxygen atoms in total. The molecular formula is C20H27F2NO4S. The predicted molar refractivity (Wildman–Crippen MR) is 101 cm³/mol. The van der Waals surface area contributed by atoms with Gasteiger partial charge in [0, 0.05) is 5.92 Å². The standard InChI is InChI=1S/C20H27F2NO4S/c1-20-8-7-12-13(15(20)5-6-16(20)19(21)22)4-3-11-9-18(27-28(23,24)25)17(26-2)10-14(11)12/h9-10,12-13,15-16,19H,3-8H2,1-2H3,(H2,23,24,25)/t12?,13?,15?,16-,20+/m1/s1. The van der Waals surface area contributed by atoms with Crippen molar-refractivity contribution in [3.8, 4) is 11.5 Å². The van der Waals surface area contributed by atoms with Gasteiger partial charge in [-0.15, -0.1) is 0 Å². The van der Waals surface area contributed by atoms with Crippen LogP contribution in [0.5, 0.6) is 11.5 Å². The fraction of sp³-hybridized carbons (Fsp3) is 0.700. The van der Waals surface area contributed by atoms with Crippen molar-refractivity contribution in [2.24, 2.45) is 28.3 Å². The number of benzene rings is 1. The van der Waals surface area contributed by atoms with E-state index in [-0.39, 0.29) is 17.1 Å². The Balaban J connectivity index is 1.68. The first kappa shape index (κ1) is 19.9. The second kappa shape index (κ2) is 6.83. The number of methoxy groups -OCH3 is 1. The SMILES string of the molecule is COc1cc2c(cc1OS(N)(=O)=O)CCC1C2CC[C@@]2(C)C1CC[C@@H]2C(F)F. The van der Waals surface area contributed by atoms with Gasteiger partial charge in [-0.2, -0.15) is 13.6 Å². The number of fused-ring (bicyclic) bond motifs is 5. The Morgan fingerprint density at radius 3 is 2.57 bits per heavy atom. The minimum atomic E-state index is -4.14. The lowest BCUT2D eigenvalue weighted by Crippen LogP contribution is -2.43. The number of aryl methyl sites for hydroxylation is 1. The summed E-state index contributed by atoms with van der Waals surface area (Å²) in [5.41, 5.74) is 1.89. The monoisotopic (exact) mass is 415 g/mol. The third-order valence-electron chi connectivity index (χ3n) is 7.59. The van der Waals surface area contributed by atoms with Gasteiger partial charge < -0.3 is 8.92 Å². The molecule has 3 aliphatic rings. The molecule has 28 heavy (non-hydrogen) atoms. The molecular weight excluding hydrogens is 388 g/mol. The summed E-state index contributed by atoms with van der Waals surface area (Å²) < 4.78 is 60.2. The fourth-order valence-electron chi connectivity index (χ4n) is 6.38. The van der Waals surface area contributed by atoms with Crippen LogP contribution in [-0.4, -0.2) is 22.0 Å². The van der Waals surface area contributed by atoms with Gasteiger partial charge in [0.1, 0.15) is 0 Å². The molecule has 0 aromatic heterocycles. The largest absolute Gasteiger partial charge is 0.493 e. The van der Waals surface area contributed by atoms with Crippen LogP contribution in [-0.2, 0) is 16.7 Å². The molecule has 3 unspecified atom stereocenters. The Morgan fingerprint density at radius 1 is 1.18 bits per heavy atom. The number of halogens is 2. The molecule has 3 aliphatic carbocycles. The minimum Gasteiger partial charge on any atom is -0.493 e. The molecule has 0 amide bonds. The van der Waals surface area contributed by atoms with E-state index in [1.54, 1.807) is 6.07 Å². The third kappa shape index (κ3) is 3.18. The molecule has 0 bridgehead atoms. The molecule has 5 atom stereocenters. The van der Waals surface area contributed by atoms with Crippen molar-refractivity contribution in [1.82, 2.24) is 0 Å². The van der Waals surface area contributed by atoms with Crippen molar-refractivity contribution in [2.75, 3.05) is 7.11 Å². The molecule has 1 aromatic rings. The number of hydrogen-bond donors (Lipinski definition) is 1. The van der Waals surface area contributed by atoms with Gasteiger partial charge in [0.2, 0.25) is 6.43 Å². The zero-order valence-corrected chi connectivity index (χ0v) is 17.0. The average Bonchev–Trinajstić information content (AvgIpc) is 2.97. The Bertz CT molecular complexity index is 875. The van der Waals surface area contributed by atoms with E-state index in [9.17, 15) is 17.2 Å². The van der Waals surface area contributed by atoms with Crippen LogP contribution in [0, 0.1) is 23.2 Å². The van der Waals surface area contributed by atoms with Gasteiger partial charge in [0.25, 0.3) is 0 Å². The van der Waals surface area contributed by atoms with Gasteiger partial charge in [-0.25, -0.2) is 8.78 Å². The number of nitrogens with two attached hydrogens (primary N) is 1. The predicted octanol–water partition coefficient (Wildman–Crippen LogP) is 4.01. The summed E-state index contributed by atoms with van der Waals surface area (Å²) in [6.07, 6.45) is 2.59. The van der Waals surface area contributed by atoms with E-state index in [4.69, 9.17) is 14.1 Å². The number of hydrogen-bond acceptors (Lipinski definition) is 4. The highest BCUT2D eigenvalue weighted by Crippen LogP contribution is 2.64. The molecule has 0 radical (unpaired) electrons. The van der Waals surface area contributed by atoms with E-state index >= 15 is 0 Å². The van der Waals surface area contributed by atoms with Crippen LogP contribution in [0.2, 0.25) is 0 Å². The zero-order valence-electron chi connectivity index (χ0n) is 16.2. The van der Waals surface area contributed by atoms with E-state index in [2.05, 4.69) is 6.92 Å².